The maximum atomic E-state index is 13.7. The van der Waals surface area contributed by atoms with Crippen LogP contribution in [0.2, 0.25) is 5.02 Å². The molecule has 2 nitrogen and oxygen atoms in total. The molecular formula is C21H22ClF2NO. The minimum atomic E-state index is -2.69. The Morgan fingerprint density at radius 3 is 2.46 bits per heavy atom. The van der Waals surface area contributed by atoms with Gasteiger partial charge >= 0.3 is 0 Å². The van der Waals surface area contributed by atoms with Crippen molar-refractivity contribution in [3.05, 3.63) is 52.0 Å². The predicted molar refractivity (Wildman–Crippen MR) is 102 cm³/mol. The number of hydrogen-bond acceptors (Lipinski definition) is 1. The summed E-state index contributed by atoms with van der Waals surface area (Å²) in [4.78, 5) is 12.0. The topological polar surface area (TPSA) is 29.1 Å². The van der Waals surface area contributed by atoms with Gasteiger partial charge in [0, 0.05) is 35.0 Å². The molecule has 0 aliphatic heterocycles. The van der Waals surface area contributed by atoms with Gasteiger partial charge in [-0.25, -0.2) is 8.78 Å². The van der Waals surface area contributed by atoms with E-state index in [0.717, 1.165) is 28.8 Å². The SMILES string of the molecule is CCc1cc(-c2cc3c(cc2Cl)CC(F)(F)C3)ccc1NC(=O)C(C)C. The van der Waals surface area contributed by atoms with Crippen molar-refractivity contribution in [3.8, 4) is 11.1 Å². The lowest BCUT2D eigenvalue weighted by Crippen LogP contribution is -2.18. The molecule has 0 aromatic heterocycles. The van der Waals surface area contributed by atoms with Gasteiger partial charge in [-0.05, 0) is 52.9 Å². The monoisotopic (exact) mass is 377 g/mol. The summed E-state index contributed by atoms with van der Waals surface area (Å²) in [7, 11) is 0. The summed E-state index contributed by atoms with van der Waals surface area (Å²) in [5.41, 5.74) is 4.66. The first-order valence-electron chi connectivity index (χ1n) is 8.83. The molecule has 1 aliphatic rings. The highest BCUT2D eigenvalue weighted by Crippen LogP contribution is 2.40. The van der Waals surface area contributed by atoms with E-state index in [9.17, 15) is 13.6 Å². The van der Waals surface area contributed by atoms with Gasteiger partial charge in [0.2, 0.25) is 5.91 Å². The quantitative estimate of drug-likeness (QED) is 0.706. The summed E-state index contributed by atoms with van der Waals surface area (Å²) in [5, 5.41) is 3.41. The summed E-state index contributed by atoms with van der Waals surface area (Å²) in [6, 6.07) is 9.13. The molecule has 3 rings (SSSR count). The van der Waals surface area contributed by atoms with Crippen molar-refractivity contribution in [1.29, 1.82) is 0 Å². The number of carbonyl (C=O) groups excluding carboxylic acids is 1. The molecule has 26 heavy (non-hydrogen) atoms. The number of hydrogen-bond donors (Lipinski definition) is 1. The maximum absolute atomic E-state index is 13.7. The Kier molecular flexibility index (Phi) is 5.07. The zero-order valence-corrected chi connectivity index (χ0v) is 15.9. The van der Waals surface area contributed by atoms with Gasteiger partial charge in [-0.3, -0.25) is 4.79 Å². The van der Waals surface area contributed by atoms with E-state index in [2.05, 4.69) is 5.32 Å². The first kappa shape index (κ1) is 18.8. The number of halogens is 3. The van der Waals surface area contributed by atoms with Crippen molar-refractivity contribution >= 4 is 23.2 Å². The second-order valence-electron chi connectivity index (χ2n) is 7.18. The number of carbonyl (C=O) groups is 1. The molecule has 0 unspecified atom stereocenters. The van der Waals surface area contributed by atoms with Crippen molar-refractivity contribution in [3.63, 3.8) is 0 Å². The predicted octanol–water partition coefficient (Wildman–Crippen LogP) is 5.90. The number of anilines is 1. The highest BCUT2D eigenvalue weighted by atomic mass is 35.5. The van der Waals surface area contributed by atoms with Crippen molar-refractivity contribution < 1.29 is 13.6 Å². The number of aryl methyl sites for hydroxylation is 1. The van der Waals surface area contributed by atoms with Crippen molar-refractivity contribution in [2.24, 2.45) is 5.92 Å². The van der Waals surface area contributed by atoms with Crippen molar-refractivity contribution in [2.45, 2.75) is 46.0 Å². The van der Waals surface area contributed by atoms with Crippen molar-refractivity contribution in [2.75, 3.05) is 5.32 Å². The molecule has 138 valence electrons. The van der Waals surface area contributed by atoms with Crippen LogP contribution in [0.5, 0.6) is 0 Å². The number of rotatable bonds is 4. The molecule has 1 N–H and O–H groups in total. The molecule has 0 atom stereocenters. The van der Waals surface area contributed by atoms with Gasteiger partial charge in [-0.15, -0.1) is 0 Å². The third-order valence-electron chi connectivity index (χ3n) is 4.77. The lowest BCUT2D eigenvalue weighted by Gasteiger charge is -2.15. The van der Waals surface area contributed by atoms with Crippen LogP contribution in [0.15, 0.2) is 30.3 Å². The molecule has 0 spiro atoms. The number of benzene rings is 2. The van der Waals surface area contributed by atoms with Gasteiger partial charge in [0.05, 0.1) is 0 Å². The van der Waals surface area contributed by atoms with Crippen LogP contribution in [0.1, 0.15) is 37.5 Å². The summed E-state index contributed by atoms with van der Waals surface area (Å²) >= 11 is 6.38. The Morgan fingerprint density at radius 1 is 1.19 bits per heavy atom. The average molecular weight is 378 g/mol. The summed E-state index contributed by atoms with van der Waals surface area (Å²) in [6.07, 6.45) is 0.251. The molecular weight excluding hydrogens is 356 g/mol. The number of amides is 1. The average Bonchev–Trinajstić information content (AvgIpc) is 2.87. The fraction of sp³-hybridized carbons (Fsp3) is 0.381. The fourth-order valence-electron chi connectivity index (χ4n) is 3.28. The third kappa shape index (κ3) is 3.75. The Bertz CT molecular complexity index is 861. The minimum Gasteiger partial charge on any atom is -0.326 e. The minimum absolute atomic E-state index is 0.0368. The molecule has 0 heterocycles. The molecule has 0 bridgehead atoms. The molecule has 1 amide bonds. The van der Waals surface area contributed by atoms with Gasteiger partial charge in [0.25, 0.3) is 5.92 Å². The molecule has 0 saturated carbocycles. The molecule has 0 fully saturated rings. The van der Waals surface area contributed by atoms with E-state index in [0.29, 0.717) is 16.1 Å². The summed E-state index contributed by atoms with van der Waals surface area (Å²) in [5.74, 6) is -2.83. The van der Waals surface area contributed by atoms with E-state index in [1.165, 1.54) is 0 Å². The summed E-state index contributed by atoms with van der Waals surface area (Å²) < 4.78 is 27.4. The first-order valence-corrected chi connectivity index (χ1v) is 9.21. The summed E-state index contributed by atoms with van der Waals surface area (Å²) in [6.45, 7) is 5.69. The van der Waals surface area contributed by atoms with Crippen LogP contribution in [-0.4, -0.2) is 11.8 Å². The normalized spacial score (nSPS) is 15.2. The fourth-order valence-corrected chi connectivity index (χ4v) is 3.58. The first-order chi connectivity index (χ1) is 12.2. The Hall–Kier alpha value is -1.94. The van der Waals surface area contributed by atoms with Crippen LogP contribution < -0.4 is 5.32 Å². The van der Waals surface area contributed by atoms with E-state index in [1.807, 2.05) is 39.0 Å². The Balaban J connectivity index is 1.97. The standard InChI is InChI=1S/C21H22ClF2NO/c1-4-13-7-14(5-6-19(13)25-20(26)12(2)3)17-8-15-10-21(23,24)11-16(15)9-18(17)22/h5-9,12H,4,10-11H2,1-3H3,(H,25,26). The molecule has 0 radical (unpaired) electrons. The van der Waals surface area contributed by atoms with Gasteiger partial charge in [0.1, 0.15) is 0 Å². The highest BCUT2D eigenvalue weighted by Gasteiger charge is 2.37. The van der Waals surface area contributed by atoms with E-state index in [-0.39, 0.29) is 24.7 Å². The highest BCUT2D eigenvalue weighted by molar-refractivity contribution is 6.33. The molecule has 0 saturated heterocycles. The van der Waals surface area contributed by atoms with Crippen LogP contribution >= 0.6 is 11.6 Å². The smallest absolute Gasteiger partial charge is 0.256 e. The molecule has 2 aromatic carbocycles. The van der Waals surface area contributed by atoms with Crippen LogP contribution in [0.3, 0.4) is 0 Å². The number of nitrogens with one attached hydrogen (secondary N) is 1. The third-order valence-corrected chi connectivity index (χ3v) is 5.08. The Morgan fingerprint density at radius 2 is 1.85 bits per heavy atom. The van der Waals surface area contributed by atoms with Crippen LogP contribution in [0.4, 0.5) is 14.5 Å². The molecule has 1 aliphatic carbocycles. The second-order valence-corrected chi connectivity index (χ2v) is 7.59. The zero-order chi connectivity index (χ0) is 19.1. The lowest BCUT2D eigenvalue weighted by atomic mass is 9.97. The molecule has 2 aromatic rings. The van der Waals surface area contributed by atoms with Gasteiger partial charge in [-0.2, -0.15) is 0 Å². The van der Waals surface area contributed by atoms with Crippen molar-refractivity contribution in [1.82, 2.24) is 0 Å². The van der Waals surface area contributed by atoms with Crippen LogP contribution in [0.25, 0.3) is 11.1 Å². The van der Waals surface area contributed by atoms with E-state index in [4.69, 9.17) is 11.6 Å². The number of fused-ring (bicyclic) bond motifs is 1. The van der Waals surface area contributed by atoms with Gasteiger partial charge < -0.3 is 5.32 Å². The molecule has 5 heteroatoms. The lowest BCUT2D eigenvalue weighted by molar-refractivity contribution is -0.118. The van der Waals surface area contributed by atoms with Crippen LogP contribution in [0, 0.1) is 5.92 Å². The van der Waals surface area contributed by atoms with Gasteiger partial charge in [-0.1, -0.05) is 38.4 Å². The number of alkyl halides is 2. The second kappa shape index (κ2) is 6.99. The zero-order valence-electron chi connectivity index (χ0n) is 15.1. The Labute approximate surface area is 157 Å². The van der Waals surface area contributed by atoms with E-state index >= 15 is 0 Å². The maximum Gasteiger partial charge on any atom is 0.256 e. The van der Waals surface area contributed by atoms with Gasteiger partial charge in [0.15, 0.2) is 0 Å². The largest absolute Gasteiger partial charge is 0.326 e. The van der Waals surface area contributed by atoms with E-state index < -0.39 is 5.92 Å². The van der Waals surface area contributed by atoms with Crippen LogP contribution in [-0.2, 0) is 24.1 Å². The van der Waals surface area contributed by atoms with E-state index in [1.54, 1.807) is 12.1 Å².